The maximum Gasteiger partial charge on any atom is 0.317 e. The molecule has 2 N–H and O–H groups in total. The van der Waals surface area contributed by atoms with E-state index in [1.54, 1.807) is 26.1 Å². The van der Waals surface area contributed by atoms with Crippen molar-refractivity contribution in [3.8, 4) is 0 Å². The summed E-state index contributed by atoms with van der Waals surface area (Å²) in [6.07, 6.45) is 2.86. The van der Waals surface area contributed by atoms with Gasteiger partial charge in [-0.1, -0.05) is 19.1 Å². The number of benzene rings is 1. The number of amides is 2. The van der Waals surface area contributed by atoms with Crippen LogP contribution in [-0.4, -0.2) is 42.1 Å². The number of rotatable bonds is 7. The van der Waals surface area contributed by atoms with Gasteiger partial charge in [-0.2, -0.15) is 0 Å². The normalized spacial score (nSPS) is 16.5. The Morgan fingerprint density at radius 3 is 2.48 bits per heavy atom. The lowest BCUT2D eigenvalue weighted by molar-refractivity contribution is -0.141. The van der Waals surface area contributed by atoms with Gasteiger partial charge in [-0.05, 0) is 42.4 Å². The number of nitrogens with one attached hydrogen (secondary N) is 1. The molecular weight excluding hydrogens is 299 g/mol. The Morgan fingerprint density at radius 1 is 1.35 bits per heavy atom. The average molecular weight is 322 g/mol. The zero-order valence-corrected chi connectivity index (χ0v) is 13.5. The molecule has 5 nitrogen and oxygen atoms in total. The predicted molar refractivity (Wildman–Crippen MR) is 84.6 cm³/mol. The van der Waals surface area contributed by atoms with Crippen LogP contribution in [0.5, 0.6) is 0 Å². The van der Waals surface area contributed by atoms with Gasteiger partial charge in [0.05, 0.1) is 5.92 Å². The van der Waals surface area contributed by atoms with Gasteiger partial charge in [0.25, 0.3) is 0 Å². The zero-order valence-electron chi connectivity index (χ0n) is 13.5. The summed E-state index contributed by atoms with van der Waals surface area (Å²) in [5.74, 6) is -1.76. The van der Waals surface area contributed by atoms with Crippen molar-refractivity contribution in [3.63, 3.8) is 0 Å². The van der Waals surface area contributed by atoms with E-state index in [1.165, 1.54) is 17.0 Å². The molecule has 0 saturated heterocycles. The molecule has 126 valence electrons. The quantitative estimate of drug-likeness (QED) is 0.810. The molecule has 1 aliphatic carbocycles. The number of halogens is 1. The maximum atomic E-state index is 12.9. The Labute approximate surface area is 135 Å². The summed E-state index contributed by atoms with van der Waals surface area (Å²) in [4.78, 5) is 24.3. The molecule has 1 aromatic rings. The van der Waals surface area contributed by atoms with Gasteiger partial charge in [-0.15, -0.1) is 0 Å². The standard InChI is InChI=1S/C17H23FN2O3/c1-12(15(21)22)10-20(2)16(23)19-11-17(7-8-17)9-13-3-5-14(18)6-4-13/h3-6,12H,7-11H2,1-2H3,(H,19,23)(H,21,22). The number of carboxylic acids is 1. The second-order valence-electron chi connectivity index (χ2n) is 6.58. The largest absolute Gasteiger partial charge is 0.481 e. The van der Waals surface area contributed by atoms with Crippen LogP contribution in [0, 0.1) is 17.2 Å². The van der Waals surface area contributed by atoms with E-state index in [9.17, 15) is 14.0 Å². The first kappa shape index (κ1) is 17.2. The second-order valence-corrected chi connectivity index (χ2v) is 6.58. The van der Waals surface area contributed by atoms with Crippen molar-refractivity contribution in [2.45, 2.75) is 26.2 Å². The molecule has 1 aromatic carbocycles. The van der Waals surface area contributed by atoms with Gasteiger partial charge in [0.1, 0.15) is 5.82 Å². The highest BCUT2D eigenvalue weighted by Gasteiger charge is 2.42. The molecule has 0 aliphatic heterocycles. The van der Waals surface area contributed by atoms with Gasteiger partial charge >= 0.3 is 12.0 Å². The lowest BCUT2D eigenvalue weighted by Crippen LogP contribution is -2.43. The van der Waals surface area contributed by atoms with E-state index in [-0.39, 0.29) is 23.8 Å². The van der Waals surface area contributed by atoms with Crippen LogP contribution in [0.3, 0.4) is 0 Å². The van der Waals surface area contributed by atoms with E-state index in [0.29, 0.717) is 6.54 Å². The second kappa shape index (κ2) is 6.98. The molecular formula is C17H23FN2O3. The van der Waals surface area contributed by atoms with Crippen LogP contribution < -0.4 is 5.32 Å². The van der Waals surface area contributed by atoms with E-state index in [1.807, 2.05) is 0 Å². The number of nitrogens with zero attached hydrogens (tertiary/aromatic N) is 1. The molecule has 1 atom stereocenters. The summed E-state index contributed by atoms with van der Waals surface area (Å²) in [6, 6.07) is 6.19. The van der Waals surface area contributed by atoms with Crippen LogP contribution in [0.2, 0.25) is 0 Å². The average Bonchev–Trinajstić information content (AvgIpc) is 3.27. The predicted octanol–water partition coefficient (Wildman–Crippen LogP) is 2.51. The van der Waals surface area contributed by atoms with E-state index >= 15 is 0 Å². The minimum absolute atomic E-state index is 0.0484. The minimum atomic E-state index is -0.917. The molecule has 1 unspecified atom stereocenters. The third-order valence-corrected chi connectivity index (χ3v) is 4.38. The molecule has 1 saturated carbocycles. The van der Waals surface area contributed by atoms with Crippen molar-refractivity contribution >= 4 is 12.0 Å². The Kier molecular flexibility index (Phi) is 5.23. The third kappa shape index (κ3) is 4.94. The first-order valence-corrected chi connectivity index (χ1v) is 7.77. The number of carbonyl (C=O) groups excluding carboxylic acids is 1. The molecule has 1 fully saturated rings. The fraction of sp³-hybridized carbons (Fsp3) is 0.529. The Hall–Kier alpha value is -2.11. The van der Waals surface area contributed by atoms with Crippen molar-refractivity contribution in [1.82, 2.24) is 10.2 Å². The van der Waals surface area contributed by atoms with Crippen LogP contribution in [0.4, 0.5) is 9.18 Å². The third-order valence-electron chi connectivity index (χ3n) is 4.38. The smallest absolute Gasteiger partial charge is 0.317 e. The molecule has 2 amide bonds. The minimum Gasteiger partial charge on any atom is -0.481 e. The Balaban J connectivity index is 1.81. The number of hydrogen-bond acceptors (Lipinski definition) is 2. The Morgan fingerprint density at radius 2 is 1.96 bits per heavy atom. The molecule has 1 aliphatic rings. The summed E-state index contributed by atoms with van der Waals surface area (Å²) in [6.45, 7) is 2.30. The van der Waals surface area contributed by atoms with Crippen molar-refractivity contribution in [2.24, 2.45) is 11.3 Å². The fourth-order valence-electron chi connectivity index (χ4n) is 2.60. The summed E-state index contributed by atoms with van der Waals surface area (Å²) in [5, 5.41) is 11.8. The van der Waals surface area contributed by atoms with E-state index in [2.05, 4.69) is 5.32 Å². The number of carboxylic acid groups (broad SMARTS) is 1. The molecule has 2 rings (SSSR count). The van der Waals surface area contributed by atoms with Crippen molar-refractivity contribution < 1.29 is 19.1 Å². The lowest BCUT2D eigenvalue weighted by atomic mass is 9.96. The van der Waals surface area contributed by atoms with Crippen LogP contribution in [-0.2, 0) is 11.2 Å². The molecule has 0 aromatic heterocycles. The number of urea groups is 1. The SMILES string of the molecule is CC(CN(C)C(=O)NCC1(Cc2ccc(F)cc2)CC1)C(=O)O. The van der Waals surface area contributed by atoms with Gasteiger partial charge in [-0.25, -0.2) is 9.18 Å². The molecule has 0 radical (unpaired) electrons. The zero-order chi connectivity index (χ0) is 17.0. The lowest BCUT2D eigenvalue weighted by Gasteiger charge is -2.22. The highest BCUT2D eigenvalue weighted by molar-refractivity contribution is 5.75. The molecule has 0 heterocycles. The fourth-order valence-corrected chi connectivity index (χ4v) is 2.60. The van der Waals surface area contributed by atoms with E-state index in [0.717, 1.165) is 24.8 Å². The number of carbonyl (C=O) groups is 2. The Bertz CT molecular complexity index is 570. The van der Waals surface area contributed by atoms with Crippen LogP contribution in [0.1, 0.15) is 25.3 Å². The molecule has 6 heteroatoms. The van der Waals surface area contributed by atoms with Crippen LogP contribution in [0.25, 0.3) is 0 Å². The first-order chi connectivity index (χ1) is 10.8. The monoisotopic (exact) mass is 322 g/mol. The highest BCUT2D eigenvalue weighted by atomic mass is 19.1. The van der Waals surface area contributed by atoms with Crippen molar-refractivity contribution in [2.75, 3.05) is 20.1 Å². The summed E-state index contributed by atoms with van der Waals surface area (Å²) >= 11 is 0. The van der Waals surface area contributed by atoms with E-state index < -0.39 is 11.9 Å². The van der Waals surface area contributed by atoms with Crippen LogP contribution in [0.15, 0.2) is 24.3 Å². The topological polar surface area (TPSA) is 69.6 Å². The van der Waals surface area contributed by atoms with Gasteiger partial charge in [0.15, 0.2) is 0 Å². The van der Waals surface area contributed by atoms with Gasteiger partial charge in [0.2, 0.25) is 0 Å². The first-order valence-electron chi connectivity index (χ1n) is 7.77. The van der Waals surface area contributed by atoms with E-state index in [4.69, 9.17) is 5.11 Å². The molecule has 0 spiro atoms. The van der Waals surface area contributed by atoms with Gasteiger partial charge in [0, 0.05) is 20.1 Å². The number of aliphatic carboxylic acids is 1. The van der Waals surface area contributed by atoms with Gasteiger partial charge < -0.3 is 15.3 Å². The molecule has 0 bridgehead atoms. The van der Waals surface area contributed by atoms with Crippen LogP contribution >= 0.6 is 0 Å². The number of hydrogen-bond donors (Lipinski definition) is 2. The summed E-state index contributed by atoms with van der Waals surface area (Å²) in [7, 11) is 1.59. The van der Waals surface area contributed by atoms with Gasteiger partial charge in [-0.3, -0.25) is 4.79 Å². The van der Waals surface area contributed by atoms with Crippen molar-refractivity contribution in [1.29, 1.82) is 0 Å². The summed E-state index contributed by atoms with van der Waals surface area (Å²) < 4.78 is 12.9. The van der Waals surface area contributed by atoms with Crippen molar-refractivity contribution in [3.05, 3.63) is 35.6 Å². The summed E-state index contributed by atoms with van der Waals surface area (Å²) in [5.41, 5.74) is 1.11. The highest BCUT2D eigenvalue weighted by Crippen LogP contribution is 2.47. The maximum absolute atomic E-state index is 12.9. The molecule has 23 heavy (non-hydrogen) atoms.